The van der Waals surface area contributed by atoms with Gasteiger partial charge in [0.1, 0.15) is 6.04 Å². The number of aliphatic hydroxyl groups is 1. The van der Waals surface area contributed by atoms with Gasteiger partial charge >= 0.3 is 0 Å². The molecule has 0 aromatic heterocycles. The summed E-state index contributed by atoms with van der Waals surface area (Å²) in [6.45, 7) is 17.1. The molecule has 4 N–H and O–H groups in total. The number of rotatable bonds is 16. The van der Waals surface area contributed by atoms with Crippen LogP contribution < -0.4 is 16.0 Å². The fraction of sp³-hybridized carbons (Fsp3) is 0.704. The van der Waals surface area contributed by atoms with Crippen molar-refractivity contribution in [2.45, 2.75) is 105 Å². The number of carbonyl (C=O) groups excluding carboxylic acids is 2. The number of hydrogen-bond donors (Lipinski definition) is 4. The Morgan fingerprint density at radius 3 is 1.86 bits per heavy atom. The minimum absolute atomic E-state index is 0.0480. The Morgan fingerprint density at radius 2 is 1.34 bits per heavy atom. The molecule has 35 heavy (non-hydrogen) atoms. The third-order valence-corrected chi connectivity index (χ3v) is 5.82. The second kappa shape index (κ2) is 16.0. The smallest absolute Gasteiger partial charge is 0.242 e. The first-order chi connectivity index (χ1) is 16.4. The van der Waals surface area contributed by atoms with E-state index < -0.39 is 18.5 Å². The lowest BCUT2D eigenvalue weighted by atomic mass is 9.47. The van der Waals surface area contributed by atoms with E-state index in [1.165, 1.54) is 0 Å². The van der Waals surface area contributed by atoms with E-state index in [0.29, 0.717) is 25.5 Å². The van der Waals surface area contributed by atoms with Crippen LogP contribution >= 0.6 is 0 Å². The first-order valence-corrected chi connectivity index (χ1v) is 13.1. The summed E-state index contributed by atoms with van der Waals surface area (Å²) in [4.78, 5) is 26.5. The molecule has 0 saturated carbocycles. The maximum atomic E-state index is 13.3. The van der Waals surface area contributed by atoms with Gasteiger partial charge in [0.05, 0.1) is 12.6 Å². The molecule has 0 bridgehead atoms. The van der Waals surface area contributed by atoms with Crippen LogP contribution in [0.25, 0.3) is 0 Å². The molecule has 0 aliphatic rings. The van der Waals surface area contributed by atoms with Gasteiger partial charge in [-0.05, 0) is 42.6 Å². The molecule has 0 fully saturated rings. The lowest BCUT2D eigenvalue weighted by Gasteiger charge is -2.29. The van der Waals surface area contributed by atoms with Crippen LogP contribution in [0.15, 0.2) is 30.3 Å². The van der Waals surface area contributed by atoms with Gasteiger partial charge in [-0.1, -0.05) is 85.5 Å². The fourth-order valence-corrected chi connectivity index (χ4v) is 3.96. The van der Waals surface area contributed by atoms with Gasteiger partial charge in [0.15, 0.2) is 6.71 Å². The van der Waals surface area contributed by atoms with Gasteiger partial charge in [-0.3, -0.25) is 14.9 Å². The van der Waals surface area contributed by atoms with Crippen molar-refractivity contribution in [3.05, 3.63) is 35.9 Å². The van der Waals surface area contributed by atoms with Crippen LogP contribution in [0.2, 0.25) is 13.6 Å². The number of ether oxygens (including phenoxy) is 1. The molecule has 1 aromatic rings. The van der Waals surface area contributed by atoms with Gasteiger partial charge < -0.3 is 20.5 Å². The van der Waals surface area contributed by atoms with E-state index in [-0.39, 0.29) is 36.2 Å². The summed E-state index contributed by atoms with van der Waals surface area (Å²) < 4.78 is 5.51. The lowest BCUT2D eigenvalue weighted by molar-refractivity contribution is -0.146. The monoisotopic (exact) mass is 489 g/mol. The summed E-state index contributed by atoms with van der Waals surface area (Å²) in [5, 5.41) is 19.4. The highest BCUT2D eigenvalue weighted by Gasteiger charge is 2.30. The van der Waals surface area contributed by atoms with E-state index in [9.17, 15) is 14.7 Å². The van der Waals surface area contributed by atoms with Crippen LogP contribution in [-0.2, 0) is 20.9 Å². The Balaban J connectivity index is 2.86. The SMILES string of the molecule is CB(C)C(CC(C)C)NC(=O)C(CC(C)C)NC(=O)C(CC(C)C)NC(O)OCc1ccccc1. The molecule has 2 amide bonds. The van der Waals surface area contributed by atoms with Crippen LogP contribution in [0.4, 0.5) is 0 Å². The number of nitrogens with one attached hydrogen (secondary N) is 3. The first-order valence-electron chi connectivity index (χ1n) is 13.1. The van der Waals surface area contributed by atoms with Crippen LogP contribution in [0.1, 0.15) is 66.4 Å². The van der Waals surface area contributed by atoms with Gasteiger partial charge in [0.2, 0.25) is 18.2 Å². The summed E-state index contributed by atoms with van der Waals surface area (Å²) in [5.74, 6) is 0.463. The molecule has 0 heterocycles. The molecule has 7 nitrogen and oxygen atoms in total. The summed E-state index contributed by atoms with van der Waals surface area (Å²) in [6, 6.07) is 8.19. The molecule has 0 radical (unpaired) electrons. The van der Waals surface area contributed by atoms with E-state index in [0.717, 1.165) is 12.0 Å². The average molecular weight is 490 g/mol. The molecule has 0 spiro atoms. The zero-order valence-electron chi connectivity index (χ0n) is 23.0. The third kappa shape index (κ3) is 13.1. The van der Waals surface area contributed by atoms with E-state index >= 15 is 0 Å². The lowest BCUT2D eigenvalue weighted by Crippen LogP contribution is -2.57. The highest BCUT2D eigenvalue weighted by molar-refractivity contribution is 6.57. The normalized spacial score (nSPS) is 15.1. The number of carbonyl (C=O) groups is 2. The summed E-state index contributed by atoms with van der Waals surface area (Å²) in [7, 11) is 0. The van der Waals surface area contributed by atoms with Gasteiger partial charge in [-0.25, -0.2) is 0 Å². The molecule has 0 saturated heterocycles. The van der Waals surface area contributed by atoms with Gasteiger partial charge in [0, 0.05) is 5.94 Å². The Morgan fingerprint density at radius 1 is 0.829 bits per heavy atom. The predicted molar refractivity (Wildman–Crippen MR) is 144 cm³/mol. The number of hydrogen-bond acceptors (Lipinski definition) is 5. The zero-order chi connectivity index (χ0) is 26.5. The number of aliphatic hydroxyl groups excluding tert-OH is 1. The van der Waals surface area contributed by atoms with Crippen molar-refractivity contribution >= 4 is 18.5 Å². The van der Waals surface area contributed by atoms with Crippen molar-refractivity contribution in [2.75, 3.05) is 0 Å². The summed E-state index contributed by atoms with van der Waals surface area (Å²) >= 11 is 0. The number of amides is 2. The van der Waals surface area contributed by atoms with Crippen molar-refractivity contribution < 1.29 is 19.4 Å². The minimum Gasteiger partial charge on any atom is -0.359 e. The van der Waals surface area contributed by atoms with Crippen LogP contribution in [0.5, 0.6) is 0 Å². The van der Waals surface area contributed by atoms with Gasteiger partial charge in [-0.2, -0.15) is 0 Å². The topological polar surface area (TPSA) is 99.7 Å². The molecule has 198 valence electrons. The quantitative estimate of drug-likeness (QED) is 0.209. The van der Waals surface area contributed by atoms with E-state index in [1.54, 1.807) is 0 Å². The Hall–Kier alpha value is -1.90. The molecule has 4 atom stereocenters. The fourth-order valence-electron chi connectivity index (χ4n) is 3.96. The Bertz CT molecular complexity index is 743. The Labute approximate surface area is 213 Å². The Kier molecular flexibility index (Phi) is 14.2. The molecule has 1 aromatic carbocycles. The molecule has 0 aliphatic heterocycles. The maximum Gasteiger partial charge on any atom is 0.242 e. The van der Waals surface area contributed by atoms with Crippen LogP contribution in [0.3, 0.4) is 0 Å². The zero-order valence-corrected chi connectivity index (χ0v) is 23.0. The predicted octanol–water partition coefficient (Wildman–Crippen LogP) is 3.84. The second-order valence-electron chi connectivity index (χ2n) is 11.2. The molecule has 8 heteroatoms. The minimum atomic E-state index is -1.31. The van der Waals surface area contributed by atoms with Crippen molar-refractivity contribution in [3.63, 3.8) is 0 Å². The van der Waals surface area contributed by atoms with E-state index in [2.05, 4.69) is 43.4 Å². The van der Waals surface area contributed by atoms with Gasteiger partial charge in [-0.15, -0.1) is 0 Å². The van der Waals surface area contributed by atoms with Crippen molar-refractivity contribution in [3.8, 4) is 0 Å². The van der Waals surface area contributed by atoms with Crippen molar-refractivity contribution in [1.82, 2.24) is 16.0 Å². The standard InChI is InChI=1S/C27H48BN3O4/c1-18(2)14-22(26(33)31-24(28(7)8)16-20(5)6)29-25(32)23(15-19(3)4)30-27(34)35-17-21-12-10-9-11-13-21/h9-13,18-20,22-24,27,30,34H,14-17H2,1-8H3,(H,29,32)(H,31,33). The first kappa shape index (κ1) is 31.1. The highest BCUT2D eigenvalue weighted by atomic mass is 16.6. The third-order valence-electron chi connectivity index (χ3n) is 5.82. The molecule has 1 rings (SSSR count). The van der Waals surface area contributed by atoms with Crippen molar-refractivity contribution in [1.29, 1.82) is 0 Å². The summed E-state index contributed by atoms with van der Waals surface area (Å²) in [6.07, 6.45) is 0.605. The molecule has 4 unspecified atom stereocenters. The molecule has 0 aliphatic carbocycles. The average Bonchev–Trinajstić information content (AvgIpc) is 2.76. The summed E-state index contributed by atoms with van der Waals surface area (Å²) in [5.41, 5.74) is 0.924. The highest BCUT2D eigenvalue weighted by Crippen LogP contribution is 2.12. The van der Waals surface area contributed by atoms with Crippen LogP contribution in [-0.4, -0.2) is 48.1 Å². The largest absolute Gasteiger partial charge is 0.359 e. The maximum absolute atomic E-state index is 13.3. The molecular formula is C27H48BN3O4. The molecular weight excluding hydrogens is 441 g/mol. The van der Waals surface area contributed by atoms with E-state index in [1.807, 2.05) is 58.0 Å². The van der Waals surface area contributed by atoms with Crippen molar-refractivity contribution in [2.24, 2.45) is 17.8 Å². The van der Waals surface area contributed by atoms with Crippen LogP contribution in [0, 0.1) is 17.8 Å². The second-order valence-corrected chi connectivity index (χ2v) is 11.2. The van der Waals surface area contributed by atoms with E-state index in [4.69, 9.17) is 4.74 Å². The number of benzene rings is 1. The van der Waals surface area contributed by atoms with Gasteiger partial charge in [0.25, 0.3) is 0 Å².